The molecule has 1 saturated heterocycles. The average molecular weight is 272 g/mol. The number of piperazine rings is 1. The Hall–Kier alpha value is -0.260. The van der Waals surface area contributed by atoms with Gasteiger partial charge < -0.3 is 0 Å². The van der Waals surface area contributed by atoms with Gasteiger partial charge in [-0.2, -0.15) is 25.4 Å². The van der Waals surface area contributed by atoms with Crippen LogP contribution in [0.4, 0.5) is 0 Å². The molecule has 1 rings (SSSR count). The number of nitrogens with one attached hydrogen (secondary N) is 2. The molecule has 0 bridgehead atoms. The van der Waals surface area contributed by atoms with Crippen LogP contribution in [-0.2, 0) is 20.4 Å². The molecule has 96 valence electrons. The van der Waals surface area contributed by atoms with Crippen molar-refractivity contribution >= 4 is 20.4 Å². The van der Waals surface area contributed by atoms with Gasteiger partial charge in [0, 0.05) is 40.3 Å². The van der Waals surface area contributed by atoms with E-state index < -0.39 is 20.4 Å². The molecule has 1 heterocycles. The molecule has 2 N–H and O–H groups in total. The summed E-state index contributed by atoms with van der Waals surface area (Å²) in [7, 11) is -4.26. The van der Waals surface area contributed by atoms with Gasteiger partial charge >= 0.3 is 0 Å². The van der Waals surface area contributed by atoms with E-state index in [1.54, 1.807) is 0 Å². The van der Waals surface area contributed by atoms with E-state index in [0.29, 0.717) is 0 Å². The van der Waals surface area contributed by atoms with Crippen LogP contribution in [0.25, 0.3) is 0 Å². The van der Waals surface area contributed by atoms with E-state index >= 15 is 0 Å². The van der Waals surface area contributed by atoms with Crippen molar-refractivity contribution < 1.29 is 16.8 Å². The number of nitrogens with zero attached hydrogens (tertiary/aromatic N) is 2. The minimum atomic E-state index is -3.46. The quantitative estimate of drug-likeness (QED) is 0.592. The van der Waals surface area contributed by atoms with E-state index in [4.69, 9.17) is 0 Å². The zero-order valence-electron chi connectivity index (χ0n) is 9.17. The fourth-order valence-corrected chi connectivity index (χ4v) is 3.21. The SMILES string of the molecule is CNS(=O)(=O)N1CCN(S(=O)(=O)NC)CC1. The largest absolute Gasteiger partial charge is 0.279 e. The minimum absolute atomic E-state index is 0.157. The van der Waals surface area contributed by atoms with E-state index in [9.17, 15) is 16.8 Å². The molecule has 1 fully saturated rings. The van der Waals surface area contributed by atoms with Crippen LogP contribution in [0.15, 0.2) is 0 Å². The molecule has 0 spiro atoms. The summed E-state index contributed by atoms with van der Waals surface area (Å²) in [5.74, 6) is 0. The van der Waals surface area contributed by atoms with Gasteiger partial charge in [0.2, 0.25) is 0 Å². The first-order valence-electron chi connectivity index (χ1n) is 4.70. The molecule has 0 radical (unpaired) electrons. The maximum Gasteiger partial charge on any atom is 0.279 e. The number of rotatable bonds is 4. The monoisotopic (exact) mass is 272 g/mol. The highest BCUT2D eigenvalue weighted by Gasteiger charge is 2.30. The average Bonchev–Trinajstić information content (AvgIpc) is 2.29. The number of hydrogen-bond acceptors (Lipinski definition) is 4. The molecular formula is C6H16N4O4S2. The third-order valence-corrected chi connectivity index (χ3v) is 5.52. The lowest BCUT2D eigenvalue weighted by molar-refractivity contribution is 0.269. The van der Waals surface area contributed by atoms with Gasteiger partial charge in [0.15, 0.2) is 0 Å². The Bertz CT molecular complexity index is 381. The summed E-state index contributed by atoms with van der Waals surface area (Å²) >= 11 is 0. The third-order valence-electron chi connectivity index (χ3n) is 2.39. The van der Waals surface area contributed by atoms with Gasteiger partial charge in [0.05, 0.1) is 0 Å². The van der Waals surface area contributed by atoms with Gasteiger partial charge in [0.1, 0.15) is 0 Å². The van der Waals surface area contributed by atoms with Crippen molar-refractivity contribution in [3.8, 4) is 0 Å². The predicted molar refractivity (Wildman–Crippen MR) is 59.1 cm³/mol. The Morgan fingerprint density at radius 1 is 0.750 bits per heavy atom. The Balaban J connectivity index is 2.66. The first kappa shape index (κ1) is 13.8. The van der Waals surface area contributed by atoms with Crippen LogP contribution in [0.3, 0.4) is 0 Å². The highest BCUT2D eigenvalue weighted by Crippen LogP contribution is 2.08. The molecule has 0 unspecified atom stereocenters. The summed E-state index contributed by atoms with van der Waals surface area (Å²) in [5, 5.41) is 0. The van der Waals surface area contributed by atoms with Crippen molar-refractivity contribution in [2.45, 2.75) is 0 Å². The number of hydrogen-bond donors (Lipinski definition) is 2. The second-order valence-electron chi connectivity index (χ2n) is 3.22. The minimum Gasteiger partial charge on any atom is -0.205 e. The van der Waals surface area contributed by atoms with E-state index in [0.717, 1.165) is 0 Å². The lowest BCUT2D eigenvalue weighted by atomic mass is 10.4. The summed E-state index contributed by atoms with van der Waals surface area (Å²) in [6.07, 6.45) is 0. The van der Waals surface area contributed by atoms with Crippen molar-refractivity contribution in [3.63, 3.8) is 0 Å². The summed E-state index contributed by atoms with van der Waals surface area (Å²) in [6.45, 7) is 0.627. The smallest absolute Gasteiger partial charge is 0.205 e. The lowest BCUT2D eigenvalue weighted by Crippen LogP contribution is -2.54. The third kappa shape index (κ3) is 2.90. The molecule has 0 aromatic rings. The molecule has 0 aliphatic carbocycles. The topological polar surface area (TPSA) is 98.8 Å². The Morgan fingerprint density at radius 3 is 1.19 bits per heavy atom. The van der Waals surface area contributed by atoms with Crippen molar-refractivity contribution in [1.82, 2.24) is 18.1 Å². The molecular weight excluding hydrogens is 256 g/mol. The van der Waals surface area contributed by atoms with E-state index in [1.165, 1.54) is 22.7 Å². The van der Waals surface area contributed by atoms with Crippen LogP contribution < -0.4 is 9.44 Å². The first-order valence-corrected chi connectivity index (χ1v) is 7.59. The van der Waals surface area contributed by atoms with Gasteiger partial charge in [-0.1, -0.05) is 0 Å². The van der Waals surface area contributed by atoms with Gasteiger partial charge in [-0.15, -0.1) is 0 Å². The molecule has 0 aromatic heterocycles. The maximum absolute atomic E-state index is 11.4. The van der Waals surface area contributed by atoms with Crippen molar-refractivity contribution in [3.05, 3.63) is 0 Å². The predicted octanol–water partition coefficient (Wildman–Crippen LogP) is -2.47. The van der Waals surface area contributed by atoms with E-state index in [1.807, 2.05) is 0 Å². The molecule has 0 saturated carbocycles. The standard InChI is InChI=1S/C6H16N4O4S2/c1-7-15(11,12)9-3-5-10(6-4-9)16(13,14)8-2/h7-8H,3-6H2,1-2H3. The highest BCUT2D eigenvalue weighted by atomic mass is 32.2. The molecule has 8 nitrogen and oxygen atoms in total. The van der Waals surface area contributed by atoms with Gasteiger partial charge in [-0.3, -0.25) is 0 Å². The van der Waals surface area contributed by atoms with Crippen LogP contribution in [0.5, 0.6) is 0 Å². The molecule has 0 aromatic carbocycles. The lowest BCUT2D eigenvalue weighted by Gasteiger charge is -2.32. The van der Waals surface area contributed by atoms with Crippen molar-refractivity contribution in [2.75, 3.05) is 40.3 Å². The summed E-state index contributed by atoms with van der Waals surface area (Å²) < 4.78 is 52.5. The van der Waals surface area contributed by atoms with Crippen molar-refractivity contribution in [1.29, 1.82) is 0 Å². The second-order valence-corrected chi connectivity index (χ2v) is 6.97. The fraction of sp³-hybridized carbons (Fsp3) is 1.00. The molecule has 1 aliphatic heterocycles. The van der Waals surface area contributed by atoms with Crippen LogP contribution in [0.2, 0.25) is 0 Å². The Kier molecular flexibility index (Phi) is 4.26. The van der Waals surface area contributed by atoms with Gasteiger partial charge in [0.25, 0.3) is 20.4 Å². The van der Waals surface area contributed by atoms with Crippen LogP contribution in [0.1, 0.15) is 0 Å². The fourth-order valence-electron chi connectivity index (χ4n) is 1.41. The second kappa shape index (κ2) is 4.94. The van der Waals surface area contributed by atoms with Crippen LogP contribution in [-0.4, -0.2) is 65.7 Å². The first-order chi connectivity index (χ1) is 7.33. The summed E-state index contributed by atoms with van der Waals surface area (Å²) in [5.41, 5.74) is 0. The zero-order valence-corrected chi connectivity index (χ0v) is 10.8. The zero-order chi connectivity index (χ0) is 12.4. The van der Waals surface area contributed by atoms with E-state index in [-0.39, 0.29) is 26.2 Å². The van der Waals surface area contributed by atoms with Gasteiger partial charge in [-0.05, 0) is 0 Å². The van der Waals surface area contributed by atoms with E-state index in [2.05, 4.69) is 9.44 Å². The molecule has 0 amide bonds. The van der Waals surface area contributed by atoms with Crippen molar-refractivity contribution in [2.24, 2.45) is 0 Å². The molecule has 0 atom stereocenters. The highest BCUT2D eigenvalue weighted by molar-refractivity contribution is 7.87. The maximum atomic E-state index is 11.4. The normalized spacial score (nSPS) is 21.1. The molecule has 1 aliphatic rings. The Labute approximate surface area is 96.0 Å². The van der Waals surface area contributed by atoms with Gasteiger partial charge in [-0.25, -0.2) is 9.44 Å². The van der Waals surface area contributed by atoms with Crippen LogP contribution >= 0.6 is 0 Å². The van der Waals surface area contributed by atoms with Crippen LogP contribution in [0, 0.1) is 0 Å². The Morgan fingerprint density at radius 2 is 1.00 bits per heavy atom. The summed E-state index contributed by atoms with van der Waals surface area (Å²) in [6, 6.07) is 0. The molecule has 16 heavy (non-hydrogen) atoms. The summed E-state index contributed by atoms with van der Waals surface area (Å²) in [4.78, 5) is 0. The molecule has 10 heteroatoms.